The van der Waals surface area contributed by atoms with Gasteiger partial charge in [0, 0.05) is 0 Å². The molecule has 0 saturated carbocycles. The Morgan fingerprint density at radius 3 is 2.67 bits per heavy atom. The summed E-state index contributed by atoms with van der Waals surface area (Å²) in [4.78, 5) is 15.6. The molecule has 1 heterocycles. The molecular weight excluding hydrogens is 324 g/mol. The fourth-order valence-corrected chi connectivity index (χ4v) is 3.63. The van der Waals surface area contributed by atoms with Crippen molar-refractivity contribution in [2.24, 2.45) is 5.73 Å². The van der Waals surface area contributed by atoms with Crippen molar-refractivity contribution in [3.05, 3.63) is 47.0 Å². The van der Waals surface area contributed by atoms with Crippen LogP contribution < -0.4 is 5.73 Å². The average molecular weight is 346 g/mol. The van der Waals surface area contributed by atoms with Crippen molar-refractivity contribution in [2.75, 3.05) is 12.0 Å². The van der Waals surface area contributed by atoms with Crippen LogP contribution in [0.2, 0.25) is 0 Å². The summed E-state index contributed by atoms with van der Waals surface area (Å²) in [5.74, 6) is 1.30. The van der Waals surface area contributed by atoms with Gasteiger partial charge >= 0.3 is 0 Å². The second kappa shape index (κ2) is 7.36. The standard InChI is InChI=1S/C17H22N4O2S/c1-24-7-6-14(22)17-19-16(10-15(18)23)20-21(17)13-8-11-4-2-3-5-12(11)9-13/h2-5,13-14,22H,6-10H2,1H3,(H2,18,23)/t14-/m1/s1. The molecule has 1 aromatic heterocycles. The van der Waals surface area contributed by atoms with Crippen molar-refractivity contribution >= 4 is 17.7 Å². The summed E-state index contributed by atoms with van der Waals surface area (Å²) in [7, 11) is 0. The molecule has 0 radical (unpaired) electrons. The fourth-order valence-electron chi connectivity index (χ4n) is 3.18. The Balaban J connectivity index is 1.88. The first kappa shape index (κ1) is 17.0. The van der Waals surface area contributed by atoms with E-state index in [2.05, 4.69) is 22.2 Å². The summed E-state index contributed by atoms with van der Waals surface area (Å²) >= 11 is 1.68. The molecule has 1 atom stereocenters. The molecule has 6 nitrogen and oxygen atoms in total. The Hall–Kier alpha value is -1.86. The second-order valence-corrected chi connectivity index (χ2v) is 7.09. The van der Waals surface area contributed by atoms with Crippen LogP contribution in [0.3, 0.4) is 0 Å². The van der Waals surface area contributed by atoms with Crippen molar-refractivity contribution in [1.82, 2.24) is 14.8 Å². The van der Waals surface area contributed by atoms with E-state index in [1.807, 2.05) is 23.1 Å². The van der Waals surface area contributed by atoms with E-state index >= 15 is 0 Å². The van der Waals surface area contributed by atoms with Crippen molar-refractivity contribution < 1.29 is 9.90 Å². The highest BCUT2D eigenvalue weighted by Crippen LogP contribution is 2.32. The highest BCUT2D eigenvalue weighted by atomic mass is 32.2. The van der Waals surface area contributed by atoms with Gasteiger partial charge in [0.1, 0.15) is 6.10 Å². The predicted molar refractivity (Wildman–Crippen MR) is 93.8 cm³/mol. The molecular formula is C17H22N4O2S. The number of amides is 1. The van der Waals surface area contributed by atoms with E-state index in [9.17, 15) is 9.90 Å². The molecule has 2 aromatic rings. The summed E-state index contributed by atoms with van der Waals surface area (Å²) in [6.07, 6.45) is 3.64. The van der Waals surface area contributed by atoms with E-state index < -0.39 is 12.0 Å². The number of carbonyl (C=O) groups is 1. The summed E-state index contributed by atoms with van der Waals surface area (Å²) in [5.41, 5.74) is 7.88. The molecule has 0 saturated heterocycles. The summed E-state index contributed by atoms with van der Waals surface area (Å²) in [5, 5.41) is 15.0. The largest absolute Gasteiger partial charge is 0.385 e. The fraction of sp³-hybridized carbons (Fsp3) is 0.471. The normalized spacial score (nSPS) is 15.4. The summed E-state index contributed by atoms with van der Waals surface area (Å²) in [6.45, 7) is 0. The van der Waals surface area contributed by atoms with Crippen LogP contribution in [0.5, 0.6) is 0 Å². The van der Waals surface area contributed by atoms with Gasteiger partial charge in [0.2, 0.25) is 5.91 Å². The molecule has 24 heavy (non-hydrogen) atoms. The van der Waals surface area contributed by atoms with Gasteiger partial charge in [-0.3, -0.25) is 4.79 Å². The lowest BCUT2D eigenvalue weighted by molar-refractivity contribution is -0.117. The Kier molecular flexibility index (Phi) is 5.20. The predicted octanol–water partition coefficient (Wildman–Crippen LogP) is 1.43. The Morgan fingerprint density at radius 1 is 1.42 bits per heavy atom. The number of primary amides is 1. The maximum Gasteiger partial charge on any atom is 0.225 e. The lowest BCUT2D eigenvalue weighted by Crippen LogP contribution is -2.18. The van der Waals surface area contributed by atoms with Crippen molar-refractivity contribution in [3.8, 4) is 0 Å². The average Bonchev–Trinajstić information content (AvgIpc) is 3.15. The van der Waals surface area contributed by atoms with E-state index in [0.29, 0.717) is 18.1 Å². The first-order chi connectivity index (χ1) is 11.6. The van der Waals surface area contributed by atoms with Gasteiger partial charge in [-0.05, 0) is 42.4 Å². The highest BCUT2D eigenvalue weighted by Gasteiger charge is 2.28. The number of rotatable bonds is 7. The number of thioether (sulfide) groups is 1. The zero-order valence-electron chi connectivity index (χ0n) is 13.7. The lowest BCUT2D eigenvalue weighted by atomic mass is 10.1. The number of fused-ring (bicyclic) bond motifs is 1. The van der Waals surface area contributed by atoms with Crippen molar-refractivity contribution in [2.45, 2.75) is 37.8 Å². The van der Waals surface area contributed by atoms with Crippen LogP contribution >= 0.6 is 11.8 Å². The number of hydrogen-bond acceptors (Lipinski definition) is 5. The van der Waals surface area contributed by atoms with E-state index in [1.165, 1.54) is 11.1 Å². The number of benzene rings is 1. The van der Waals surface area contributed by atoms with Gasteiger partial charge in [-0.25, -0.2) is 9.67 Å². The van der Waals surface area contributed by atoms with Crippen LogP contribution in [-0.4, -0.2) is 37.8 Å². The SMILES string of the molecule is CSCC[C@@H](O)c1nc(CC(N)=O)nn1C1Cc2ccccc2C1. The van der Waals surface area contributed by atoms with Gasteiger partial charge in [-0.1, -0.05) is 24.3 Å². The molecule has 0 unspecified atom stereocenters. The number of aliphatic hydroxyl groups is 1. The van der Waals surface area contributed by atoms with Gasteiger partial charge in [0.05, 0.1) is 12.5 Å². The van der Waals surface area contributed by atoms with E-state index in [4.69, 9.17) is 5.73 Å². The number of nitrogens with two attached hydrogens (primary N) is 1. The van der Waals surface area contributed by atoms with E-state index in [1.54, 1.807) is 11.8 Å². The van der Waals surface area contributed by atoms with Gasteiger partial charge in [0.15, 0.2) is 11.6 Å². The smallest absolute Gasteiger partial charge is 0.225 e. The molecule has 3 N–H and O–H groups in total. The molecule has 7 heteroatoms. The lowest BCUT2D eigenvalue weighted by Gasteiger charge is -2.16. The minimum absolute atomic E-state index is 0.00504. The van der Waals surface area contributed by atoms with Crippen molar-refractivity contribution in [3.63, 3.8) is 0 Å². The van der Waals surface area contributed by atoms with Crippen LogP contribution in [0.4, 0.5) is 0 Å². The third kappa shape index (κ3) is 3.62. The van der Waals surface area contributed by atoms with E-state index in [-0.39, 0.29) is 12.5 Å². The van der Waals surface area contributed by atoms with Crippen LogP contribution in [0.25, 0.3) is 0 Å². The summed E-state index contributed by atoms with van der Waals surface area (Å²) in [6, 6.07) is 8.45. The molecule has 0 fully saturated rings. The first-order valence-electron chi connectivity index (χ1n) is 8.06. The minimum Gasteiger partial charge on any atom is -0.385 e. The summed E-state index contributed by atoms with van der Waals surface area (Å²) < 4.78 is 1.81. The van der Waals surface area contributed by atoms with Gasteiger partial charge < -0.3 is 10.8 Å². The zero-order chi connectivity index (χ0) is 17.1. The van der Waals surface area contributed by atoms with Gasteiger partial charge in [-0.2, -0.15) is 16.9 Å². The Bertz CT molecular complexity index is 706. The monoisotopic (exact) mass is 346 g/mol. The maximum absolute atomic E-state index is 11.2. The third-order valence-electron chi connectivity index (χ3n) is 4.30. The first-order valence-corrected chi connectivity index (χ1v) is 9.45. The van der Waals surface area contributed by atoms with Crippen LogP contribution in [0.1, 0.15) is 41.3 Å². The molecule has 1 aromatic carbocycles. The number of aliphatic hydroxyl groups excluding tert-OH is 1. The van der Waals surface area contributed by atoms with Crippen LogP contribution in [0, 0.1) is 0 Å². The highest BCUT2D eigenvalue weighted by molar-refractivity contribution is 7.98. The molecule has 0 spiro atoms. The van der Waals surface area contributed by atoms with Crippen LogP contribution in [-0.2, 0) is 24.1 Å². The van der Waals surface area contributed by atoms with Gasteiger partial charge in [0.25, 0.3) is 0 Å². The molecule has 3 rings (SSSR count). The molecule has 0 aliphatic heterocycles. The number of aromatic nitrogens is 3. The third-order valence-corrected chi connectivity index (χ3v) is 4.95. The topological polar surface area (TPSA) is 94.0 Å². The minimum atomic E-state index is -0.685. The van der Waals surface area contributed by atoms with Crippen molar-refractivity contribution in [1.29, 1.82) is 0 Å². The quantitative estimate of drug-likeness (QED) is 0.791. The Labute approximate surface area is 145 Å². The molecule has 1 aliphatic carbocycles. The zero-order valence-corrected chi connectivity index (χ0v) is 14.5. The molecule has 128 valence electrons. The number of nitrogens with zero attached hydrogens (tertiary/aromatic N) is 3. The molecule has 1 amide bonds. The van der Waals surface area contributed by atoms with Gasteiger partial charge in [-0.15, -0.1) is 0 Å². The second-order valence-electron chi connectivity index (χ2n) is 6.10. The number of hydrogen-bond donors (Lipinski definition) is 2. The molecule has 0 bridgehead atoms. The maximum atomic E-state index is 11.2. The Morgan fingerprint density at radius 2 is 2.08 bits per heavy atom. The van der Waals surface area contributed by atoms with E-state index in [0.717, 1.165) is 18.6 Å². The van der Waals surface area contributed by atoms with Crippen LogP contribution in [0.15, 0.2) is 24.3 Å². The molecule has 1 aliphatic rings. The number of carbonyl (C=O) groups excluding carboxylic acids is 1.